The number of hydrogen-bond donors (Lipinski definition) is 1. The van der Waals surface area contributed by atoms with Gasteiger partial charge in [0.1, 0.15) is 5.75 Å². The van der Waals surface area contributed by atoms with Gasteiger partial charge in [0, 0.05) is 22.4 Å². The molecule has 5 rings (SSSR count). The van der Waals surface area contributed by atoms with Gasteiger partial charge in [0.25, 0.3) is 0 Å². The molecule has 196 valence electrons. The van der Waals surface area contributed by atoms with Crippen LogP contribution in [0.2, 0.25) is 0 Å². The third-order valence-electron chi connectivity index (χ3n) is 7.99. The zero-order chi connectivity index (χ0) is 26.5. The van der Waals surface area contributed by atoms with Crippen LogP contribution in [0.4, 0.5) is 5.69 Å². The molecule has 1 aliphatic heterocycles. The maximum absolute atomic E-state index is 12.5. The number of halogens is 1. The number of ether oxygens (including phenoxy) is 1. The van der Waals surface area contributed by atoms with E-state index in [1.165, 1.54) is 12.8 Å². The molecule has 1 saturated carbocycles. The monoisotopic (exact) mass is 566 g/mol. The Morgan fingerprint density at radius 3 is 2.76 bits per heavy atom. The van der Waals surface area contributed by atoms with Crippen molar-refractivity contribution in [2.45, 2.75) is 66.6 Å². The van der Waals surface area contributed by atoms with Crippen molar-refractivity contribution >= 4 is 38.4 Å². The molecule has 0 radical (unpaired) electrons. The summed E-state index contributed by atoms with van der Waals surface area (Å²) in [5.41, 5.74) is 3.84. The van der Waals surface area contributed by atoms with E-state index in [2.05, 4.69) is 51.8 Å². The summed E-state index contributed by atoms with van der Waals surface area (Å²) in [7, 11) is 0. The number of likely N-dealkylation sites (tertiary alicyclic amines) is 1. The molecule has 1 amide bonds. The Balaban J connectivity index is 1.39. The molecule has 2 aliphatic rings. The third-order valence-corrected chi connectivity index (χ3v) is 8.48. The Bertz CT molecular complexity index is 1400. The zero-order valence-corrected chi connectivity index (χ0v) is 23.8. The summed E-state index contributed by atoms with van der Waals surface area (Å²) in [4.78, 5) is 15.0. The number of benzene rings is 2. The smallest absolute Gasteiger partial charge is 0.302 e. The lowest BCUT2D eigenvalue weighted by atomic mass is 9.65. The average molecular weight is 568 g/mol. The fourth-order valence-electron chi connectivity index (χ4n) is 6.62. The number of carbonyl (C=O) groups excluding carboxylic acids is 1. The van der Waals surface area contributed by atoms with Gasteiger partial charge < -0.3 is 9.84 Å². The first-order valence-corrected chi connectivity index (χ1v) is 13.6. The molecule has 1 aliphatic carbocycles. The number of amides is 1. The molecular weight excluding hydrogens is 532 g/mol. The van der Waals surface area contributed by atoms with Gasteiger partial charge in [-0.2, -0.15) is 0 Å². The Hall–Kier alpha value is -2.71. The van der Waals surface area contributed by atoms with Gasteiger partial charge in [0.05, 0.1) is 12.2 Å². The molecule has 3 aromatic rings. The van der Waals surface area contributed by atoms with Crippen LogP contribution in [-0.4, -0.2) is 39.7 Å². The number of hydrogen-bond acceptors (Lipinski definition) is 5. The van der Waals surface area contributed by atoms with E-state index in [9.17, 15) is 9.90 Å². The van der Waals surface area contributed by atoms with Crippen LogP contribution in [0.25, 0.3) is 10.9 Å². The first-order chi connectivity index (χ1) is 17.4. The van der Waals surface area contributed by atoms with Crippen LogP contribution in [-0.2, 0) is 11.5 Å². The molecule has 1 saturated heterocycles. The highest BCUT2D eigenvalue weighted by Gasteiger charge is 2.49. The van der Waals surface area contributed by atoms with Gasteiger partial charge in [-0.3, -0.25) is 14.3 Å². The van der Waals surface area contributed by atoms with Crippen molar-refractivity contribution in [3.05, 3.63) is 52.0 Å². The van der Waals surface area contributed by atoms with Gasteiger partial charge in [-0.15, -0.1) is 10.2 Å². The molecule has 2 bridgehead atoms. The van der Waals surface area contributed by atoms with E-state index in [1.807, 2.05) is 54.8 Å². The third kappa shape index (κ3) is 5.18. The van der Waals surface area contributed by atoms with Crippen LogP contribution >= 0.6 is 15.9 Å². The van der Waals surface area contributed by atoms with Crippen molar-refractivity contribution in [3.63, 3.8) is 0 Å². The molecule has 0 unspecified atom stereocenters. The van der Waals surface area contributed by atoms with E-state index in [1.54, 1.807) is 0 Å². The second kappa shape index (κ2) is 9.55. The van der Waals surface area contributed by atoms with Crippen LogP contribution in [0.3, 0.4) is 0 Å². The zero-order valence-electron chi connectivity index (χ0n) is 22.2. The number of nitrogens with zero attached hydrogens (tertiary/aromatic N) is 4. The normalized spacial score (nSPS) is 23.2. The van der Waals surface area contributed by atoms with E-state index < -0.39 is 5.91 Å². The van der Waals surface area contributed by atoms with E-state index in [0.717, 1.165) is 39.5 Å². The van der Waals surface area contributed by atoms with Crippen LogP contribution in [0, 0.1) is 24.7 Å². The summed E-state index contributed by atoms with van der Waals surface area (Å²) >= 11 is 3.53. The number of carbonyl (C=O) groups is 1. The number of aryl methyl sites for hydroxylation is 1. The fraction of sp³-hybridized carbons (Fsp3) is 0.483. The van der Waals surface area contributed by atoms with Crippen LogP contribution in [0.15, 0.2) is 51.1 Å². The Morgan fingerprint density at radius 2 is 1.97 bits per heavy atom. The first-order valence-electron chi connectivity index (χ1n) is 12.8. The molecule has 1 N–H and O–H groups in total. The van der Waals surface area contributed by atoms with Crippen molar-refractivity contribution in [3.8, 4) is 11.6 Å². The molecule has 1 aromatic heterocycles. The minimum atomic E-state index is -0.514. The first kappa shape index (κ1) is 25.9. The van der Waals surface area contributed by atoms with E-state index in [0.29, 0.717) is 35.0 Å². The number of azo groups is 1. The Labute approximate surface area is 226 Å². The summed E-state index contributed by atoms with van der Waals surface area (Å²) in [6.45, 7) is 12.4. The van der Waals surface area contributed by atoms with E-state index in [4.69, 9.17) is 4.74 Å². The largest absolute Gasteiger partial charge is 0.493 e. The van der Waals surface area contributed by atoms with Gasteiger partial charge in [0.2, 0.25) is 5.88 Å². The standard InChI is InChI=1S/C29H35BrN4O3/c1-18-7-6-8-24(19(18)2)37-14-25(35)31-32-26-22-11-20(30)9-10-23(22)34(27(26)36)17-33-16-29(5)13-21(33)12-28(3,4)15-29/h6-11,21,36H,12-17H2,1-5H3/t21-,29-/m0/s1. The summed E-state index contributed by atoms with van der Waals surface area (Å²) in [5.74, 6) is 0.158. The molecule has 2 atom stereocenters. The van der Waals surface area contributed by atoms with Crippen molar-refractivity contribution in [1.82, 2.24) is 9.47 Å². The van der Waals surface area contributed by atoms with Crippen LogP contribution in [0.1, 0.15) is 51.2 Å². The highest BCUT2D eigenvalue weighted by Crippen LogP contribution is 2.53. The summed E-state index contributed by atoms with van der Waals surface area (Å²) in [6.07, 6.45) is 3.54. The van der Waals surface area contributed by atoms with Crippen molar-refractivity contribution in [2.75, 3.05) is 13.2 Å². The summed E-state index contributed by atoms with van der Waals surface area (Å²) in [5, 5.41) is 20.1. The molecule has 37 heavy (non-hydrogen) atoms. The molecule has 2 fully saturated rings. The average Bonchev–Trinajstić information content (AvgIpc) is 3.21. The molecule has 0 spiro atoms. The highest BCUT2D eigenvalue weighted by molar-refractivity contribution is 9.10. The highest BCUT2D eigenvalue weighted by atomic mass is 79.9. The van der Waals surface area contributed by atoms with Gasteiger partial charge in [0.15, 0.2) is 12.3 Å². The van der Waals surface area contributed by atoms with E-state index in [-0.39, 0.29) is 12.5 Å². The molecule has 2 aromatic carbocycles. The van der Waals surface area contributed by atoms with Crippen molar-refractivity contribution < 1.29 is 14.6 Å². The lowest BCUT2D eigenvalue weighted by Crippen LogP contribution is -2.35. The molecule has 2 heterocycles. The fourth-order valence-corrected chi connectivity index (χ4v) is 6.98. The maximum Gasteiger partial charge on any atom is 0.302 e. The SMILES string of the molecule is Cc1cccc(OCC(=O)N=Nc2c(O)n(CN3C[C@@]4(C)C[C@@H]3CC(C)(C)C4)c3ccc(Br)cc23)c1C. The van der Waals surface area contributed by atoms with Gasteiger partial charge in [-0.05, 0) is 79.3 Å². The lowest BCUT2D eigenvalue weighted by molar-refractivity contribution is -0.120. The van der Waals surface area contributed by atoms with Crippen molar-refractivity contribution in [2.24, 2.45) is 21.1 Å². The predicted octanol–water partition coefficient (Wildman–Crippen LogP) is 7.27. The second-order valence-electron chi connectivity index (χ2n) is 11.9. The summed E-state index contributed by atoms with van der Waals surface area (Å²) in [6, 6.07) is 12.0. The van der Waals surface area contributed by atoms with Gasteiger partial charge >= 0.3 is 5.91 Å². The Morgan fingerprint density at radius 1 is 1.19 bits per heavy atom. The topological polar surface area (TPSA) is 79.4 Å². The van der Waals surface area contributed by atoms with Crippen molar-refractivity contribution in [1.29, 1.82) is 0 Å². The quantitative estimate of drug-likeness (QED) is 0.318. The van der Waals surface area contributed by atoms with Crippen LogP contribution in [0.5, 0.6) is 11.6 Å². The number of fused-ring (bicyclic) bond motifs is 3. The van der Waals surface area contributed by atoms with Crippen LogP contribution < -0.4 is 4.74 Å². The summed E-state index contributed by atoms with van der Waals surface area (Å²) < 4.78 is 8.44. The minimum Gasteiger partial charge on any atom is -0.493 e. The Kier molecular flexibility index (Phi) is 6.69. The second-order valence-corrected chi connectivity index (χ2v) is 12.9. The molecule has 7 nitrogen and oxygen atoms in total. The number of aromatic nitrogens is 1. The lowest BCUT2D eigenvalue weighted by Gasteiger charge is -2.40. The van der Waals surface area contributed by atoms with E-state index >= 15 is 0 Å². The molecule has 8 heteroatoms. The maximum atomic E-state index is 12.5. The number of aromatic hydroxyl groups is 1. The minimum absolute atomic E-state index is 0.0194. The molecular formula is C29H35BrN4O3. The van der Waals surface area contributed by atoms with Gasteiger partial charge in [-0.1, -0.05) is 48.8 Å². The predicted molar refractivity (Wildman–Crippen MR) is 148 cm³/mol. The van der Waals surface area contributed by atoms with Gasteiger partial charge in [-0.25, -0.2) is 0 Å². The number of rotatable bonds is 6.